The number of ether oxygens (including phenoxy) is 3. The van der Waals surface area contributed by atoms with E-state index in [1.165, 1.54) is 0 Å². The van der Waals surface area contributed by atoms with E-state index in [1.54, 1.807) is 0 Å². The minimum Gasteiger partial charge on any atom is -0.414 e. The van der Waals surface area contributed by atoms with Crippen molar-refractivity contribution in [1.29, 1.82) is 0 Å². The van der Waals surface area contributed by atoms with Crippen molar-refractivity contribution in [3.63, 3.8) is 0 Å². The molecule has 0 unspecified atom stereocenters. The van der Waals surface area contributed by atoms with E-state index in [1.807, 2.05) is 30.3 Å². The first kappa shape index (κ1) is 23.6. The van der Waals surface area contributed by atoms with Crippen molar-refractivity contribution in [2.75, 3.05) is 13.2 Å². The van der Waals surface area contributed by atoms with Crippen LogP contribution in [0.2, 0.25) is 18.1 Å². The van der Waals surface area contributed by atoms with Gasteiger partial charge in [-0.1, -0.05) is 51.1 Å². The van der Waals surface area contributed by atoms with Crippen LogP contribution in [0.3, 0.4) is 0 Å². The van der Waals surface area contributed by atoms with Crippen LogP contribution in [-0.4, -0.2) is 45.3 Å². The van der Waals surface area contributed by atoms with Crippen molar-refractivity contribution in [3.8, 4) is 0 Å². The van der Waals surface area contributed by atoms with Gasteiger partial charge in [0.2, 0.25) is 0 Å². The molecule has 0 N–H and O–H groups in total. The number of hydrogen-bond donors (Lipinski definition) is 0. The van der Waals surface area contributed by atoms with Gasteiger partial charge in [-0.15, -0.1) is 0 Å². The van der Waals surface area contributed by atoms with Gasteiger partial charge in [0.25, 0.3) is 0 Å². The van der Waals surface area contributed by atoms with Crippen molar-refractivity contribution in [2.24, 2.45) is 0 Å². The summed E-state index contributed by atoms with van der Waals surface area (Å²) in [5.41, 5.74) is 1.12. The summed E-state index contributed by atoms with van der Waals surface area (Å²) in [5.74, 6) is -0.590. The maximum absolute atomic E-state index is 12.5. The number of rotatable bonds is 10. The molecule has 2 saturated heterocycles. The minimum absolute atomic E-state index is 0.00654. The second-order valence-electron chi connectivity index (χ2n) is 8.76. The summed E-state index contributed by atoms with van der Waals surface area (Å²) in [4.78, 5) is 12.5. The van der Waals surface area contributed by atoms with Crippen molar-refractivity contribution in [1.82, 2.24) is 0 Å². The van der Waals surface area contributed by atoms with E-state index in [2.05, 4.69) is 20.8 Å². The van der Waals surface area contributed by atoms with Crippen LogP contribution in [-0.2, 0) is 30.0 Å². The number of Topliss-reactive ketones (excluding diaryl/α,β-unsaturated/α-hetero) is 1. The summed E-state index contributed by atoms with van der Waals surface area (Å²) >= 11 is 0. The lowest BCUT2D eigenvalue weighted by molar-refractivity contribution is -0.312. The van der Waals surface area contributed by atoms with Gasteiger partial charge >= 0.3 is 0 Å². The van der Waals surface area contributed by atoms with Crippen molar-refractivity contribution < 1.29 is 23.4 Å². The Balaban J connectivity index is 1.53. The Morgan fingerprint density at radius 2 is 1.73 bits per heavy atom. The predicted octanol–water partition coefficient (Wildman–Crippen LogP) is 5.24. The Morgan fingerprint density at radius 1 is 1.03 bits per heavy atom. The van der Waals surface area contributed by atoms with E-state index < -0.39 is 14.1 Å². The number of hydrogen-bond acceptors (Lipinski definition) is 5. The van der Waals surface area contributed by atoms with Gasteiger partial charge < -0.3 is 18.6 Å². The normalized spacial score (nSPS) is 27.5. The molecule has 6 heteroatoms. The highest BCUT2D eigenvalue weighted by Gasteiger charge is 2.46. The average Bonchev–Trinajstić information content (AvgIpc) is 2.75. The fourth-order valence-corrected chi connectivity index (χ4v) is 7.32. The maximum Gasteiger partial charge on any atom is 0.192 e. The molecule has 5 nitrogen and oxygen atoms in total. The third kappa shape index (κ3) is 6.23. The summed E-state index contributed by atoms with van der Waals surface area (Å²) in [6, 6.07) is 13.5. The molecule has 1 aromatic rings. The van der Waals surface area contributed by atoms with Crippen molar-refractivity contribution in [2.45, 2.75) is 95.6 Å². The summed E-state index contributed by atoms with van der Waals surface area (Å²) < 4.78 is 25.1. The first-order chi connectivity index (χ1) is 14.5. The second-order valence-corrected chi connectivity index (χ2v) is 13.5. The topological polar surface area (TPSA) is 54.0 Å². The van der Waals surface area contributed by atoms with Crippen LogP contribution in [0.25, 0.3) is 0 Å². The van der Waals surface area contributed by atoms with E-state index in [9.17, 15) is 4.79 Å². The molecule has 2 aliphatic heterocycles. The van der Waals surface area contributed by atoms with Crippen LogP contribution in [0.4, 0.5) is 0 Å². The molecule has 3 atom stereocenters. The smallest absolute Gasteiger partial charge is 0.192 e. The quantitative estimate of drug-likeness (QED) is 0.472. The molecule has 0 aliphatic carbocycles. The molecular formula is C24H38O5Si. The van der Waals surface area contributed by atoms with Crippen LogP contribution in [0.15, 0.2) is 30.3 Å². The first-order valence-electron chi connectivity index (χ1n) is 11.6. The molecule has 2 heterocycles. The molecule has 0 bridgehead atoms. The Kier molecular flexibility index (Phi) is 8.66. The number of benzene rings is 1. The fourth-order valence-electron chi connectivity index (χ4n) is 4.67. The van der Waals surface area contributed by atoms with Crippen molar-refractivity contribution in [3.05, 3.63) is 35.9 Å². The maximum atomic E-state index is 12.5. The zero-order valence-electron chi connectivity index (χ0n) is 18.9. The molecular weight excluding hydrogens is 396 g/mol. The van der Waals surface area contributed by atoms with Gasteiger partial charge in [0.05, 0.1) is 38.4 Å². The van der Waals surface area contributed by atoms with Crippen LogP contribution in [0.5, 0.6) is 0 Å². The first-order valence-corrected chi connectivity index (χ1v) is 14.2. The third-order valence-electron chi connectivity index (χ3n) is 6.69. The van der Waals surface area contributed by atoms with Gasteiger partial charge in [0.15, 0.2) is 14.1 Å². The molecule has 0 radical (unpaired) electrons. The molecule has 168 valence electrons. The van der Waals surface area contributed by atoms with E-state index >= 15 is 0 Å². The van der Waals surface area contributed by atoms with Crippen LogP contribution in [0, 0.1) is 0 Å². The zero-order chi connectivity index (χ0) is 21.5. The number of carbonyl (C=O) groups is 1. The predicted molar refractivity (Wildman–Crippen MR) is 120 cm³/mol. The van der Waals surface area contributed by atoms with E-state index in [4.69, 9.17) is 18.6 Å². The lowest BCUT2D eigenvalue weighted by atomic mass is 9.92. The number of carbonyl (C=O) groups excluding carboxylic acids is 1. The highest BCUT2D eigenvalue weighted by atomic mass is 28.4. The molecule has 30 heavy (non-hydrogen) atoms. The average molecular weight is 435 g/mol. The van der Waals surface area contributed by atoms with Crippen LogP contribution >= 0.6 is 0 Å². The molecule has 2 fully saturated rings. The van der Waals surface area contributed by atoms with Crippen LogP contribution < -0.4 is 0 Å². The largest absolute Gasteiger partial charge is 0.414 e. The van der Waals surface area contributed by atoms with Crippen molar-refractivity contribution >= 4 is 14.1 Å². The van der Waals surface area contributed by atoms with E-state index in [0.717, 1.165) is 43.0 Å². The minimum atomic E-state index is -1.65. The molecule has 1 spiro atoms. The monoisotopic (exact) mass is 434 g/mol. The van der Waals surface area contributed by atoms with E-state index in [0.29, 0.717) is 32.7 Å². The summed E-state index contributed by atoms with van der Waals surface area (Å²) in [7, 11) is -1.65. The zero-order valence-corrected chi connectivity index (χ0v) is 19.9. The van der Waals surface area contributed by atoms with Gasteiger partial charge in [0.1, 0.15) is 5.78 Å². The molecule has 3 rings (SSSR count). The van der Waals surface area contributed by atoms with Gasteiger partial charge in [-0.05, 0) is 36.5 Å². The highest BCUT2D eigenvalue weighted by Crippen LogP contribution is 2.38. The van der Waals surface area contributed by atoms with Gasteiger partial charge in [0, 0.05) is 12.8 Å². The van der Waals surface area contributed by atoms with Gasteiger partial charge in [-0.25, -0.2) is 0 Å². The Labute approximate surface area is 182 Å². The summed E-state index contributed by atoms with van der Waals surface area (Å²) in [5, 5.41) is 0. The Bertz CT molecular complexity index is 655. The molecule has 1 aromatic carbocycles. The number of ketones is 1. The Morgan fingerprint density at radius 3 is 2.43 bits per heavy atom. The van der Waals surface area contributed by atoms with Crippen LogP contribution in [0.1, 0.15) is 58.4 Å². The molecule has 2 aliphatic rings. The van der Waals surface area contributed by atoms with E-state index in [-0.39, 0.29) is 18.0 Å². The second kappa shape index (κ2) is 11.0. The molecule has 0 amide bonds. The SMILES string of the molecule is CC[Si](CC)(CC)OC[C@@H]1CCC[C@]2(CC(=O)C[C@@H](COCc3ccccc3)O2)O1. The summed E-state index contributed by atoms with van der Waals surface area (Å²) in [6.45, 7) is 8.28. The lowest BCUT2D eigenvalue weighted by Crippen LogP contribution is -2.53. The molecule has 0 aromatic heterocycles. The van der Waals surface area contributed by atoms with Gasteiger partial charge in [-0.3, -0.25) is 4.79 Å². The Hall–Kier alpha value is -1.05. The van der Waals surface area contributed by atoms with Gasteiger partial charge in [-0.2, -0.15) is 0 Å². The molecule has 0 saturated carbocycles. The summed E-state index contributed by atoms with van der Waals surface area (Å²) in [6.07, 6.45) is 3.24. The standard InChI is InChI=1S/C24H38O5Si/c1-4-30(5-2,6-3)27-19-22-13-10-14-24(28-22)16-21(25)15-23(29-24)18-26-17-20-11-8-7-9-12-20/h7-9,11-12,22-23H,4-6,10,13-19H2,1-3H3/t22-,23-,24-/m0/s1. The lowest BCUT2D eigenvalue weighted by Gasteiger charge is -2.45. The highest BCUT2D eigenvalue weighted by molar-refractivity contribution is 6.73. The third-order valence-corrected chi connectivity index (χ3v) is 11.3. The fraction of sp³-hybridized carbons (Fsp3) is 0.708.